The standard InChI is InChI=1S/C16H17FN2O3S/c1-9-6-13(23-14(9)16(22)18-8-10(2)20)19-15(21)11-4-3-5-12(17)7-11/h3-7,10,20H,8H2,1-2H3,(H,18,22)(H,19,21). The van der Waals surface area contributed by atoms with Gasteiger partial charge in [0.25, 0.3) is 11.8 Å². The van der Waals surface area contributed by atoms with Crippen molar-refractivity contribution in [1.29, 1.82) is 0 Å². The van der Waals surface area contributed by atoms with Crippen molar-refractivity contribution in [3.05, 3.63) is 52.2 Å². The molecule has 1 aromatic heterocycles. The van der Waals surface area contributed by atoms with Crippen LogP contribution in [0.2, 0.25) is 0 Å². The summed E-state index contributed by atoms with van der Waals surface area (Å²) >= 11 is 1.13. The average Bonchev–Trinajstić information content (AvgIpc) is 2.85. The molecule has 0 radical (unpaired) electrons. The summed E-state index contributed by atoms with van der Waals surface area (Å²) in [5.74, 6) is -1.24. The van der Waals surface area contributed by atoms with Crippen LogP contribution in [0.5, 0.6) is 0 Å². The molecule has 23 heavy (non-hydrogen) atoms. The fourth-order valence-corrected chi connectivity index (χ4v) is 2.89. The molecule has 0 bridgehead atoms. The SMILES string of the molecule is Cc1cc(NC(=O)c2cccc(F)c2)sc1C(=O)NCC(C)O. The van der Waals surface area contributed by atoms with Crippen molar-refractivity contribution in [2.45, 2.75) is 20.0 Å². The molecule has 1 aromatic carbocycles. The van der Waals surface area contributed by atoms with E-state index in [1.165, 1.54) is 18.2 Å². The topological polar surface area (TPSA) is 78.4 Å². The van der Waals surface area contributed by atoms with Gasteiger partial charge in [0.2, 0.25) is 0 Å². The first-order chi connectivity index (χ1) is 10.9. The molecular weight excluding hydrogens is 319 g/mol. The highest BCUT2D eigenvalue weighted by atomic mass is 32.1. The monoisotopic (exact) mass is 336 g/mol. The third kappa shape index (κ3) is 4.61. The van der Waals surface area contributed by atoms with E-state index in [0.29, 0.717) is 15.4 Å². The highest BCUT2D eigenvalue weighted by Gasteiger charge is 2.16. The van der Waals surface area contributed by atoms with Crippen LogP contribution in [-0.4, -0.2) is 29.6 Å². The van der Waals surface area contributed by atoms with Gasteiger partial charge >= 0.3 is 0 Å². The van der Waals surface area contributed by atoms with Crippen LogP contribution >= 0.6 is 11.3 Å². The number of carbonyl (C=O) groups excluding carboxylic acids is 2. The molecule has 0 saturated heterocycles. The van der Waals surface area contributed by atoms with Crippen LogP contribution in [-0.2, 0) is 0 Å². The lowest BCUT2D eigenvalue weighted by Crippen LogP contribution is -2.30. The van der Waals surface area contributed by atoms with Crippen LogP contribution in [0.4, 0.5) is 9.39 Å². The molecule has 0 spiro atoms. The highest BCUT2D eigenvalue weighted by molar-refractivity contribution is 7.18. The molecule has 0 aliphatic rings. The fourth-order valence-electron chi connectivity index (χ4n) is 1.90. The van der Waals surface area contributed by atoms with Crippen molar-refractivity contribution in [1.82, 2.24) is 5.32 Å². The molecule has 5 nitrogen and oxygen atoms in total. The maximum absolute atomic E-state index is 13.1. The summed E-state index contributed by atoms with van der Waals surface area (Å²) in [5.41, 5.74) is 0.920. The number of anilines is 1. The van der Waals surface area contributed by atoms with Crippen molar-refractivity contribution in [3.8, 4) is 0 Å². The van der Waals surface area contributed by atoms with E-state index in [1.807, 2.05) is 0 Å². The minimum absolute atomic E-state index is 0.154. The minimum atomic E-state index is -0.633. The molecule has 0 fully saturated rings. The predicted octanol–water partition coefficient (Wildman–Crippen LogP) is 2.56. The van der Waals surface area contributed by atoms with E-state index in [9.17, 15) is 19.1 Å². The summed E-state index contributed by atoms with van der Waals surface area (Å²) in [5, 5.41) is 14.9. The van der Waals surface area contributed by atoms with E-state index in [4.69, 9.17) is 0 Å². The highest BCUT2D eigenvalue weighted by Crippen LogP contribution is 2.27. The summed E-state index contributed by atoms with van der Waals surface area (Å²) in [4.78, 5) is 24.5. The van der Waals surface area contributed by atoms with Crippen molar-refractivity contribution in [3.63, 3.8) is 0 Å². The quantitative estimate of drug-likeness (QED) is 0.785. The summed E-state index contributed by atoms with van der Waals surface area (Å²) in [6, 6.07) is 7.05. The maximum atomic E-state index is 13.1. The molecule has 1 atom stereocenters. The molecule has 2 aromatic rings. The van der Waals surface area contributed by atoms with Crippen LogP contribution in [0.1, 0.15) is 32.5 Å². The zero-order chi connectivity index (χ0) is 17.0. The van der Waals surface area contributed by atoms with Gasteiger partial charge in [-0.15, -0.1) is 11.3 Å². The number of thiophene rings is 1. The smallest absolute Gasteiger partial charge is 0.261 e. The van der Waals surface area contributed by atoms with E-state index < -0.39 is 17.8 Å². The minimum Gasteiger partial charge on any atom is -0.392 e. The van der Waals surface area contributed by atoms with Gasteiger partial charge in [0.1, 0.15) is 5.82 Å². The van der Waals surface area contributed by atoms with Crippen LogP contribution < -0.4 is 10.6 Å². The molecular formula is C16H17FN2O3S. The molecule has 2 rings (SSSR count). The van der Waals surface area contributed by atoms with Gasteiger partial charge in [-0.25, -0.2) is 4.39 Å². The lowest BCUT2D eigenvalue weighted by atomic mass is 10.2. The second-order valence-corrected chi connectivity index (χ2v) is 6.20. The van der Waals surface area contributed by atoms with E-state index >= 15 is 0 Å². The maximum Gasteiger partial charge on any atom is 0.261 e. The van der Waals surface area contributed by atoms with Gasteiger partial charge in [0.15, 0.2) is 0 Å². The molecule has 1 unspecified atom stereocenters. The summed E-state index contributed by atoms with van der Waals surface area (Å²) in [6.07, 6.45) is -0.633. The van der Waals surface area contributed by atoms with Gasteiger partial charge in [-0.2, -0.15) is 0 Å². The molecule has 0 saturated carbocycles. The van der Waals surface area contributed by atoms with Gasteiger partial charge in [-0.1, -0.05) is 6.07 Å². The van der Waals surface area contributed by atoms with E-state index in [-0.39, 0.29) is 18.0 Å². The number of benzene rings is 1. The van der Waals surface area contributed by atoms with Gasteiger partial charge in [0.05, 0.1) is 16.0 Å². The Bertz CT molecular complexity index is 728. The van der Waals surface area contributed by atoms with Crippen LogP contribution in [0.25, 0.3) is 0 Å². The number of nitrogens with one attached hydrogen (secondary N) is 2. The normalized spacial score (nSPS) is 11.8. The third-order valence-electron chi connectivity index (χ3n) is 3.01. The number of aliphatic hydroxyl groups is 1. The van der Waals surface area contributed by atoms with Crippen molar-refractivity contribution < 1.29 is 19.1 Å². The second kappa shape index (κ2) is 7.34. The van der Waals surface area contributed by atoms with Gasteiger partial charge in [0, 0.05) is 12.1 Å². The van der Waals surface area contributed by atoms with Crippen molar-refractivity contribution >= 4 is 28.2 Å². The number of aryl methyl sites for hydroxylation is 1. The van der Waals surface area contributed by atoms with Gasteiger partial charge in [-0.05, 0) is 43.7 Å². The van der Waals surface area contributed by atoms with Gasteiger partial charge in [-0.3, -0.25) is 9.59 Å². The molecule has 2 amide bonds. The lowest BCUT2D eigenvalue weighted by molar-refractivity contribution is 0.0927. The first kappa shape index (κ1) is 17.1. The molecule has 7 heteroatoms. The molecule has 0 aliphatic carbocycles. The lowest BCUT2D eigenvalue weighted by Gasteiger charge is -2.06. The molecule has 0 aliphatic heterocycles. The Hall–Kier alpha value is -2.25. The van der Waals surface area contributed by atoms with Gasteiger partial charge < -0.3 is 15.7 Å². The summed E-state index contributed by atoms with van der Waals surface area (Å²) in [7, 11) is 0. The van der Waals surface area contributed by atoms with Crippen molar-refractivity contribution in [2.24, 2.45) is 0 Å². The zero-order valence-corrected chi connectivity index (χ0v) is 13.5. The first-order valence-electron chi connectivity index (χ1n) is 7.00. The number of carbonyl (C=O) groups is 2. The van der Waals surface area contributed by atoms with Crippen LogP contribution in [0.3, 0.4) is 0 Å². The number of amides is 2. The van der Waals surface area contributed by atoms with E-state index in [1.54, 1.807) is 19.9 Å². The Balaban J connectivity index is 2.08. The summed E-state index contributed by atoms with van der Waals surface area (Å²) < 4.78 is 13.1. The number of aliphatic hydroxyl groups excluding tert-OH is 1. The zero-order valence-electron chi connectivity index (χ0n) is 12.7. The summed E-state index contributed by atoms with van der Waals surface area (Å²) in [6.45, 7) is 3.49. The Kier molecular flexibility index (Phi) is 5.46. The number of halogens is 1. The number of rotatable bonds is 5. The van der Waals surface area contributed by atoms with E-state index in [0.717, 1.165) is 17.4 Å². The molecule has 1 heterocycles. The van der Waals surface area contributed by atoms with Crippen LogP contribution in [0, 0.1) is 12.7 Å². The largest absolute Gasteiger partial charge is 0.392 e. The number of hydrogen-bond acceptors (Lipinski definition) is 4. The van der Waals surface area contributed by atoms with Crippen LogP contribution in [0.15, 0.2) is 30.3 Å². The third-order valence-corrected chi connectivity index (χ3v) is 4.16. The fraction of sp³-hybridized carbons (Fsp3) is 0.250. The van der Waals surface area contributed by atoms with Crippen molar-refractivity contribution in [2.75, 3.05) is 11.9 Å². The van der Waals surface area contributed by atoms with E-state index in [2.05, 4.69) is 10.6 Å². The Morgan fingerprint density at radius 1 is 1.30 bits per heavy atom. The molecule has 3 N–H and O–H groups in total. The average molecular weight is 336 g/mol. The Morgan fingerprint density at radius 3 is 2.70 bits per heavy atom. The Morgan fingerprint density at radius 2 is 2.04 bits per heavy atom. The Labute approximate surface area is 137 Å². The predicted molar refractivity (Wildman–Crippen MR) is 87.4 cm³/mol. The number of hydrogen-bond donors (Lipinski definition) is 3. The first-order valence-corrected chi connectivity index (χ1v) is 7.82. The molecule has 122 valence electrons. The second-order valence-electron chi connectivity index (χ2n) is 5.15.